The third-order valence-electron chi connectivity index (χ3n) is 2.91. The number of nitrogens with zero attached hydrogens (tertiary/aromatic N) is 1. The number of ether oxygens (including phenoxy) is 3. The Balaban J connectivity index is 1.98. The fourth-order valence-electron chi connectivity index (χ4n) is 1.95. The van der Waals surface area contributed by atoms with E-state index in [2.05, 4.69) is 10.3 Å². The van der Waals surface area contributed by atoms with Gasteiger partial charge in [0.15, 0.2) is 29.0 Å². The number of carbonyl (C=O) groups is 1. The first-order valence-corrected chi connectivity index (χ1v) is 7.94. The summed E-state index contributed by atoms with van der Waals surface area (Å²) in [7, 11) is 0. The number of pyridine rings is 1. The minimum atomic E-state index is -0.318. The number of anilines is 1. The van der Waals surface area contributed by atoms with Crippen LogP contribution >= 0.6 is 11.6 Å². The van der Waals surface area contributed by atoms with Crippen LogP contribution in [0.5, 0.6) is 17.2 Å². The number of hydrogen-bond donors (Lipinski definition) is 1. The highest BCUT2D eigenvalue weighted by Gasteiger charge is 2.10. The minimum absolute atomic E-state index is 0.178. The van der Waals surface area contributed by atoms with Gasteiger partial charge in [0, 0.05) is 18.0 Å². The largest absolute Gasteiger partial charge is 0.490 e. The van der Waals surface area contributed by atoms with Gasteiger partial charge in [-0.3, -0.25) is 4.79 Å². The fraction of sp³-hybridized carbons (Fsp3) is 0.294. The predicted octanol–water partition coefficient (Wildman–Crippen LogP) is 3.55. The van der Waals surface area contributed by atoms with E-state index in [4.69, 9.17) is 25.8 Å². The zero-order valence-corrected chi connectivity index (χ0v) is 14.3. The molecule has 1 aromatic carbocycles. The zero-order valence-electron chi connectivity index (χ0n) is 13.5. The van der Waals surface area contributed by atoms with Crippen LogP contribution in [0.25, 0.3) is 0 Å². The van der Waals surface area contributed by atoms with Crippen molar-refractivity contribution in [3.8, 4) is 17.2 Å². The Hall–Kier alpha value is -2.47. The first kappa shape index (κ1) is 17.9. The van der Waals surface area contributed by atoms with Gasteiger partial charge in [0.2, 0.25) is 0 Å². The molecule has 128 valence electrons. The maximum absolute atomic E-state index is 12.0. The Labute approximate surface area is 145 Å². The number of rotatable bonds is 8. The second-order valence-electron chi connectivity index (χ2n) is 4.66. The van der Waals surface area contributed by atoms with Gasteiger partial charge in [-0.25, -0.2) is 4.98 Å². The molecule has 24 heavy (non-hydrogen) atoms. The molecule has 7 heteroatoms. The molecule has 0 aliphatic carbocycles. The highest BCUT2D eigenvalue weighted by atomic mass is 35.5. The van der Waals surface area contributed by atoms with Crippen LogP contribution < -0.4 is 19.5 Å². The SMILES string of the molecule is CCOc1ccc(NC(=O)COc2cccnc2Cl)cc1OCC. The number of hydrogen-bond acceptors (Lipinski definition) is 5. The Morgan fingerprint density at radius 1 is 1.08 bits per heavy atom. The van der Waals surface area contributed by atoms with Crippen molar-refractivity contribution in [3.63, 3.8) is 0 Å². The summed E-state index contributed by atoms with van der Waals surface area (Å²) in [5.74, 6) is 1.25. The lowest BCUT2D eigenvalue weighted by atomic mass is 10.2. The van der Waals surface area contributed by atoms with Crippen molar-refractivity contribution in [1.82, 2.24) is 4.98 Å². The van der Waals surface area contributed by atoms with Crippen molar-refractivity contribution in [2.24, 2.45) is 0 Å². The summed E-state index contributed by atoms with van der Waals surface area (Å²) >= 11 is 5.87. The second kappa shape index (κ2) is 8.98. The molecule has 6 nitrogen and oxygen atoms in total. The number of aromatic nitrogens is 1. The molecule has 0 aliphatic rings. The van der Waals surface area contributed by atoms with Gasteiger partial charge in [-0.1, -0.05) is 11.6 Å². The average molecular weight is 351 g/mol. The van der Waals surface area contributed by atoms with Crippen LogP contribution in [0.3, 0.4) is 0 Å². The van der Waals surface area contributed by atoms with E-state index < -0.39 is 0 Å². The molecule has 0 spiro atoms. The molecule has 0 bridgehead atoms. The van der Waals surface area contributed by atoms with Crippen molar-refractivity contribution < 1.29 is 19.0 Å². The van der Waals surface area contributed by atoms with E-state index in [9.17, 15) is 4.79 Å². The predicted molar refractivity (Wildman–Crippen MR) is 92.2 cm³/mol. The molecular formula is C17H19ClN2O4. The molecule has 1 heterocycles. The van der Waals surface area contributed by atoms with Gasteiger partial charge in [-0.15, -0.1) is 0 Å². The van der Waals surface area contributed by atoms with Crippen molar-refractivity contribution in [1.29, 1.82) is 0 Å². The van der Waals surface area contributed by atoms with Crippen LogP contribution in [0.2, 0.25) is 5.15 Å². The summed E-state index contributed by atoms with van der Waals surface area (Å²) in [6.07, 6.45) is 1.55. The molecule has 2 rings (SSSR count). The monoisotopic (exact) mass is 350 g/mol. The van der Waals surface area contributed by atoms with Crippen LogP contribution in [0.4, 0.5) is 5.69 Å². The maximum atomic E-state index is 12.0. The molecule has 0 radical (unpaired) electrons. The Morgan fingerprint density at radius 3 is 2.54 bits per heavy atom. The summed E-state index contributed by atoms with van der Waals surface area (Å²) < 4.78 is 16.4. The molecule has 0 atom stereocenters. The summed E-state index contributed by atoms with van der Waals surface area (Å²) in [6.45, 7) is 4.63. The third kappa shape index (κ3) is 5.03. The Morgan fingerprint density at radius 2 is 1.83 bits per heavy atom. The Kier molecular flexibility index (Phi) is 6.69. The van der Waals surface area contributed by atoms with Crippen molar-refractivity contribution >= 4 is 23.2 Å². The summed E-state index contributed by atoms with van der Waals surface area (Å²) in [4.78, 5) is 15.9. The molecule has 1 aromatic heterocycles. The van der Waals surface area contributed by atoms with Crippen LogP contribution in [0.15, 0.2) is 36.5 Å². The first-order chi connectivity index (χ1) is 11.6. The van der Waals surface area contributed by atoms with Crippen LogP contribution in [-0.2, 0) is 4.79 Å². The number of carbonyl (C=O) groups excluding carboxylic acids is 1. The zero-order chi connectivity index (χ0) is 17.4. The number of halogens is 1. The normalized spacial score (nSPS) is 10.1. The maximum Gasteiger partial charge on any atom is 0.262 e. The molecule has 0 saturated heterocycles. The molecule has 1 amide bonds. The average Bonchev–Trinajstić information content (AvgIpc) is 2.57. The molecule has 0 unspecified atom stereocenters. The second-order valence-corrected chi connectivity index (χ2v) is 5.01. The van der Waals surface area contributed by atoms with E-state index in [1.54, 1.807) is 36.5 Å². The van der Waals surface area contributed by atoms with Gasteiger partial charge in [-0.05, 0) is 38.1 Å². The van der Waals surface area contributed by atoms with Crippen molar-refractivity contribution in [3.05, 3.63) is 41.7 Å². The smallest absolute Gasteiger partial charge is 0.262 e. The lowest BCUT2D eigenvalue weighted by Gasteiger charge is -2.13. The van der Waals surface area contributed by atoms with Crippen LogP contribution in [0.1, 0.15) is 13.8 Å². The van der Waals surface area contributed by atoms with Crippen LogP contribution in [0, 0.1) is 0 Å². The Bertz CT molecular complexity index is 694. The standard InChI is InChI=1S/C17H19ClN2O4/c1-3-22-13-8-7-12(10-15(13)23-4-2)20-16(21)11-24-14-6-5-9-19-17(14)18/h5-10H,3-4,11H2,1-2H3,(H,20,21). The molecule has 1 N–H and O–H groups in total. The minimum Gasteiger partial charge on any atom is -0.490 e. The molecule has 0 fully saturated rings. The molecular weight excluding hydrogens is 332 g/mol. The fourth-order valence-corrected chi connectivity index (χ4v) is 2.12. The van der Waals surface area contributed by atoms with Gasteiger partial charge in [0.1, 0.15) is 0 Å². The first-order valence-electron chi connectivity index (χ1n) is 7.56. The van der Waals surface area contributed by atoms with Gasteiger partial charge >= 0.3 is 0 Å². The highest BCUT2D eigenvalue weighted by Crippen LogP contribution is 2.30. The van der Waals surface area contributed by atoms with Crippen molar-refractivity contribution in [2.45, 2.75) is 13.8 Å². The van der Waals surface area contributed by atoms with E-state index in [0.717, 1.165) is 0 Å². The number of amides is 1. The van der Waals surface area contributed by atoms with E-state index in [1.807, 2.05) is 13.8 Å². The van der Waals surface area contributed by atoms with E-state index in [-0.39, 0.29) is 17.7 Å². The summed E-state index contributed by atoms with van der Waals surface area (Å²) in [5, 5.41) is 2.95. The number of nitrogens with one attached hydrogen (secondary N) is 1. The lowest BCUT2D eigenvalue weighted by Crippen LogP contribution is -2.20. The van der Waals surface area contributed by atoms with E-state index >= 15 is 0 Å². The van der Waals surface area contributed by atoms with Crippen LogP contribution in [-0.4, -0.2) is 30.7 Å². The quantitative estimate of drug-likeness (QED) is 0.737. The van der Waals surface area contributed by atoms with Gasteiger partial charge in [0.25, 0.3) is 5.91 Å². The van der Waals surface area contributed by atoms with Gasteiger partial charge in [-0.2, -0.15) is 0 Å². The summed E-state index contributed by atoms with van der Waals surface area (Å²) in [5.41, 5.74) is 0.591. The molecule has 0 aliphatic heterocycles. The van der Waals surface area contributed by atoms with Gasteiger partial charge < -0.3 is 19.5 Å². The molecule has 2 aromatic rings. The lowest BCUT2D eigenvalue weighted by molar-refractivity contribution is -0.118. The topological polar surface area (TPSA) is 69.7 Å². The number of benzene rings is 1. The molecule has 0 saturated carbocycles. The van der Waals surface area contributed by atoms with Crippen molar-refractivity contribution in [2.75, 3.05) is 25.1 Å². The van der Waals surface area contributed by atoms with E-state index in [0.29, 0.717) is 36.1 Å². The summed E-state index contributed by atoms with van der Waals surface area (Å²) in [6, 6.07) is 8.53. The van der Waals surface area contributed by atoms with E-state index in [1.165, 1.54) is 0 Å². The third-order valence-corrected chi connectivity index (χ3v) is 3.19. The highest BCUT2D eigenvalue weighted by molar-refractivity contribution is 6.30. The van der Waals surface area contributed by atoms with Gasteiger partial charge in [0.05, 0.1) is 13.2 Å².